The van der Waals surface area contributed by atoms with Crippen LogP contribution in [0.1, 0.15) is 17.2 Å². The van der Waals surface area contributed by atoms with Gasteiger partial charge < -0.3 is 9.84 Å². The fourth-order valence-electron chi connectivity index (χ4n) is 3.62. The van der Waals surface area contributed by atoms with Crippen LogP contribution in [0.3, 0.4) is 0 Å². The van der Waals surface area contributed by atoms with Gasteiger partial charge in [-0.2, -0.15) is 0 Å². The van der Waals surface area contributed by atoms with Gasteiger partial charge in [-0.05, 0) is 42.0 Å². The lowest BCUT2D eigenvalue weighted by atomic mass is 9.95. The Morgan fingerprint density at radius 1 is 0.933 bits per heavy atom. The smallest absolute Gasteiger partial charge is 0.300 e. The number of amides is 1. The van der Waals surface area contributed by atoms with Crippen LogP contribution < -0.4 is 9.64 Å². The van der Waals surface area contributed by atoms with Crippen molar-refractivity contribution in [1.29, 1.82) is 0 Å². The molecule has 0 radical (unpaired) electrons. The number of para-hydroxylation sites is 2. The van der Waals surface area contributed by atoms with Crippen molar-refractivity contribution in [3.63, 3.8) is 0 Å². The summed E-state index contributed by atoms with van der Waals surface area (Å²) in [5.74, 6) is -2.02. The van der Waals surface area contributed by atoms with E-state index in [-0.39, 0.29) is 16.9 Å². The van der Waals surface area contributed by atoms with Crippen LogP contribution in [0.2, 0.25) is 0 Å². The molecule has 1 saturated heterocycles. The van der Waals surface area contributed by atoms with E-state index in [1.165, 1.54) is 36.3 Å². The SMILES string of the molecule is COc1ccccc1N1C(=O)C(=O)/C(=C(/O)c2ccc(F)cc2)C1c1ccccc1. The first-order valence-corrected chi connectivity index (χ1v) is 9.28. The van der Waals surface area contributed by atoms with Gasteiger partial charge in [0.05, 0.1) is 24.4 Å². The molecule has 1 amide bonds. The highest BCUT2D eigenvalue weighted by molar-refractivity contribution is 6.51. The van der Waals surface area contributed by atoms with Gasteiger partial charge in [0, 0.05) is 5.56 Å². The third kappa shape index (κ3) is 3.22. The van der Waals surface area contributed by atoms with E-state index in [0.29, 0.717) is 17.0 Å². The molecule has 5 nitrogen and oxygen atoms in total. The van der Waals surface area contributed by atoms with E-state index in [1.54, 1.807) is 48.5 Å². The molecule has 1 N–H and O–H groups in total. The van der Waals surface area contributed by atoms with Crippen molar-refractivity contribution in [2.75, 3.05) is 12.0 Å². The first-order chi connectivity index (χ1) is 14.5. The Morgan fingerprint density at radius 3 is 2.23 bits per heavy atom. The van der Waals surface area contributed by atoms with Gasteiger partial charge in [0.25, 0.3) is 11.7 Å². The van der Waals surface area contributed by atoms with Crippen molar-refractivity contribution < 1.29 is 23.8 Å². The molecule has 30 heavy (non-hydrogen) atoms. The number of rotatable bonds is 4. The molecule has 0 spiro atoms. The lowest BCUT2D eigenvalue weighted by Gasteiger charge is -2.26. The number of benzene rings is 3. The summed E-state index contributed by atoms with van der Waals surface area (Å²) in [5, 5.41) is 10.9. The number of anilines is 1. The standard InChI is InChI=1S/C24H18FNO4/c1-30-19-10-6-5-9-18(19)26-21(15-7-3-2-4-8-15)20(23(28)24(26)29)22(27)16-11-13-17(25)14-12-16/h2-14,21,27H,1H3/b22-20+. The Morgan fingerprint density at radius 2 is 1.57 bits per heavy atom. The minimum atomic E-state index is -0.868. The molecule has 1 unspecified atom stereocenters. The zero-order valence-corrected chi connectivity index (χ0v) is 16.1. The number of carbonyl (C=O) groups excluding carboxylic acids is 2. The molecule has 1 fully saturated rings. The fraction of sp³-hybridized carbons (Fsp3) is 0.0833. The van der Waals surface area contributed by atoms with E-state index in [4.69, 9.17) is 4.74 Å². The second-order valence-electron chi connectivity index (χ2n) is 6.76. The Labute approximate surface area is 172 Å². The highest BCUT2D eigenvalue weighted by atomic mass is 19.1. The van der Waals surface area contributed by atoms with E-state index in [2.05, 4.69) is 0 Å². The quantitative estimate of drug-likeness (QED) is 0.397. The second kappa shape index (κ2) is 7.83. The van der Waals surface area contributed by atoms with Crippen molar-refractivity contribution in [3.8, 4) is 5.75 Å². The molecule has 150 valence electrons. The molecular weight excluding hydrogens is 385 g/mol. The highest BCUT2D eigenvalue weighted by Crippen LogP contribution is 2.44. The molecule has 0 bridgehead atoms. The minimum Gasteiger partial charge on any atom is -0.507 e. The van der Waals surface area contributed by atoms with Gasteiger partial charge in [0.15, 0.2) is 0 Å². The summed E-state index contributed by atoms with van der Waals surface area (Å²) in [6.07, 6.45) is 0. The van der Waals surface area contributed by atoms with Gasteiger partial charge in [-0.15, -0.1) is 0 Å². The maximum Gasteiger partial charge on any atom is 0.300 e. The Bertz CT molecular complexity index is 1140. The zero-order valence-electron chi connectivity index (χ0n) is 16.1. The number of Topliss-reactive ketones (excluding diaryl/α,β-unsaturated/α-hetero) is 1. The number of aliphatic hydroxyl groups is 1. The minimum absolute atomic E-state index is 0.0660. The van der Waals surface area contributed by atoms with Crippen LogP contribution in [0.25, 0.3) is 5.76 Å². The van der Waals surface area contributed by atoms with Crippen LogP contribution in [0.5, 0.6) is 5.75 Å². The summed E-state index contributed by atoms with van der Waals surface area (Å²) in [6.45, 7) is 0. The van der Waals surface area contributed by atoms with Crippen LogP contribution in [0.4, 0.5) is 10.1 Å². The second-order valence-corrected chi connectivity index (χ2v) is 6.76. The predicted octanol–water partition coefficient (Wildman–Crippen LogP) is 4.46. The number of nitrogens with zero attached hydrogens (tertiary/aromatic N) is 1. The zero-order chi connectivity index (χ0) is 21.3. The molecule has 1 aliphatic rings. The van der Waals surface area contributed by atoms with Gasteiger partial charge in [-0.25, -0.2) is 4.39 Å². The molecule has 0 saturated carbocycles. The lowest BCUT2D eigenvalue weighted by Crippen LogP contribution is -2.29. The maximum absolute atomic E-state index is 13.3. The van der Waals surface area contributed by atoms with E-state index >= 15 is 0 Å². The first kappa shape index (κ1) is 19.4. The third-order valence-electron chi connectivity index (χ3n) is 5.02. The number of ketones is 1. The van der Waals surface area contributed by atoms with Gasteiger partial charge in [-0.3, -0.25) is 14.5 Å². The van der Waals surface area contributed by atoms with E-state index in [1.807, 2.05) is 6.07 Å². The summed E-state index contributed by atoms with van der Waals surface area (Å²) < 4.78 is 18.7. The highest BCUT2D eigenvalue weighted by Gasteiger charge is 2.47. The molecule has 3 aromatic rings. The monoisotopic (exact) mass is 403 g/mol. The van der Waals surface area contributed by atoms with Crippen LogP contribution >= 0.6 is 0 Å². The summed E-state index contributed by atoms with van der Waals surface area (Å²) in [7, 11) is 1.48. The van der Waals surface area contributed by atoms with Gasteiger partial charge in [0.1, 0.15) is 17.3 Å². The molecular formula is C24H18FNO4. The van der Waals surface area contributed by atoms with Crippen LogP contribution in [-0.2, 0) is 9.59 Å². The van der Waals surface area contributed by atoms with Crippen molar-refractivity contribution in [2.45, 2.75) is 6.04 Å². The van der Waals surface area contributed by atoms with Gasteiger partial charge in [0.2, 0.25) is 0 Å². The third-order valence-corrected chi connectivity index (χ3v) is 5.02. The largest absolute Gasteiger partial charge is 0.507 e. The molecule has 4 rings (SSSR count). The number of halogens is 1. The average Bonchev–Trinajstić information content (AvgIpc) is 3.05. The van der Waals surface area contributed by atoms with Crippen molar-refractivity contribution >= 4 is 23.1 Å². The molecule has 6 heteroatoms. The fourth-order valence-corrected chi connectivity index (χ4v) is 3.62. The normalized spacial score (nSPS) is 17.9. The van der Waals surface area contributed by atoms with E-state index in [0.717, 1.165) is 0 Å². The van der Waals surface area contributed by atoms with Crippen molar-refractivity contribution in [3.05, 3.63) is 101 Å². The number of aliphatic hydroxyl groups excluding tert-OH is 1. The Balaban J connectivity index is 1.96. The first-order valence-electron chi connectivity index (χ1n) is 9.28. The average molecular weight is 403 g/mol. The van der Waals surface area contributed by atoms with Crippen LogP contribution in [0, 0.1) is 5.82 Å². The number of carbonyl (C=O) groups is 2. The van der Waals surface area contributed by atoms with E-state index < -0.39 is 23.5 Å². The molecule has 0 aromatic heterocycles. The predicted molar refractivity (Wildman–Crippen MR) is 111 cm³/mol. The Kier molecular flexibility index (Phi) is 5.06. The van der Waals surface area contributed by atoms with Gasteiger partial charge >= 0.3 is 0 Å². The molecule has 1 aliphatic heterocycles. The van der Waals surface area contributed by atoms with Gasteiger partial charge in [-0.1, -0.05) is 42.5 Å². The molecule has 3 aromatic carbocycles. The van der Waals surface area contributed by atoms with Crippen LogP contribution in [0.15, 0.2) is 84.4 Å². The van der Waals surface area contributed by atoms with Crippen molar-refractivity contribution in [2.24, 2.45) is 0 Å². The molecule has 1 atom stereocenters. The number of hydrogen-bond acceptors (Lipinski definition) is 4. The summed E-state index contributed by atoms with van der Waals surface area (Å²) >= 11 is 0. The van der Waals surface area contributed by atoms with Crippen molar-refractivity contribution in [1.82, 2.24) is 0 Å². The van der Waals surface area contributed by atoms with E-state index in [9.17, 15) is 19.1 Å². The maximum atomic E-state index is 13.3. The summed E-state index contributed by atoms with van der Waals surface area (Å²) in [5.41, 5.74) is 1.24. The summed E-state index contributed by atoms with van der Waals surface area (Å²) in [4.78, 5) is 27.4. The molecule has 1 heterocycles. The van der Waals surface area contributed by atoms with Crippen LogP contribution in [-0.4, -0.2) is 23.9 Å². The number of methoxy groups -OCH3 is 1. The lowest BCUT2D eigenvalue weighted by molar-refractivity contribution is -0.132. The topological polar surface area (TPSA) is 66.8 Å². The summed E-state index contributed by atoms with van der Waals surface area (Å²) in [6, 6.07) is 20.0. The number of ether oxygens (including phenoxy) is 1. The number of hydrogen-bond donors (Lipinski definition) is 1. The molecule has 0 aliphatic carbocycles. The Hall–Kier alpha value is -3.93.